The van der Waals surface area contributed by atoms with Crippen LogP contribution in [0.2, 0.25) is 0 Å². The molecule has 1 saturated heterocycles. The quantitative estimate of drug-likeness (QED) is 0.538. The molecule has 0 bridgehead atoms. The number of benzene rings is 2. The van der Waals surface area contributed by atoms with Crippen molar-refractivity contribution in [3.63, 3.8) is 0 Å². The monoisotopic (exact) mass is 375 g/mol. The van der Waals surface area contributed by atoms with E-state index in [-0.39, 0.29) is 5.78 Å². The molecule has 144 valence electrons. The fourth-order valence-corrected chi connectivity index (χ4v) is 4.37. The average molecular weight is 375 g/mol. The first-order valence-corrected chi connectivity index (χ1v) is 10.2. The number of hydrogen-bond acceptors (Lipinski definition) is 5. The predicted octanol–water partition coefficient (Wildman–Crippen LogP) is 5.10. The van der Waals surface area contributed by atoms with Gasteiger partial charge >= 0.3 is 0 Å². The van der Waals surface area contributed by atoms with Crippen LogP contribution in [0.15, 0.2) is 34.9 Å². The van der Waals surface area contributed by atoms with E-state index in [1.54, 1.807) is 0 Å². The van der Waals surface area contributed by atoms with Crippen molar-refractivity contribution in [3.8, 4) is 11.3 Å². The minimum atomic E-state index is 0.0762. The first kappa shape index (κ1) is 17.3. The van der Waals surface area contributed by atoms with Crippen molar-refractivity contribution < 1.29 is 9.32 Å². The van der Waals surface area contributed by atoms with E-state index in [1.165, 1.54) is 6.42 Å². The van der Waals surface area contributed by atoms with Crippen molar-refractivity contribution in [1.29, 1.82) is 0 Å². The predicted molar refractivity (Wildman–Crippen MR) is 112 cm³/mol. The standard InChI is InChI=1S/C23H25N3O2/c1-14(2)13-24-17-12-18(26-10-6-3-7-11-26)19-20-21(17)25-28-23(20)16-9-5-4-8-15(16)22(19)27/h4-5,8-9,12,14,24H,3,6-7,10-11,13H2,1-2H3. The molecule has 1 aliphatic carbocycles. The second-order valence-electron chi connectivity index (χ2n) is 8.25. The molecular formula is C23H25N3O2. The number of nitrogens with one attached hydrogen (secondary N) is 1. The lowest BCUT2D eigenvalue weighted by Gasteiger charge is -2.32. The van der Waals surface area contributed by atoms with Crippen LogP contribution in [0.3, 0.4) is 0 Å². The molecule has 5 rings (SSSR count). The molecule has 5 nitrogen and oxygen atoms in total. The molecule has 1 aromatic heterocycles. The lowest BCUT2D eigenvalue weighted by Crippen LogP contribution is -2.31. The van der Waals surface area contributed by atoms with Gasteiger partial charge in [0.15, 0.2) is 11.5 Å². The molecule has 1 fully saturated rings. The van der Waals surface area contributed by atoms with E-state index >= 15 is 0 Å². The van der Waals surface area contributed by atoms with Gasteiger partial charge in [-0.05, 0) is 31.2 Å². The van der Waals surface area contributed by atoms with Crippen LogP contribution in [0.25, 0.3) is 22.2 Å². The Morgan fingerprint density at radius 2 is 1.89 bits per heavy atom. The molecular weight excluding hydrogens is 350 g/mol. The highest BCUT2D eigenvalue weighted by Crippen LogP contribution is 2.46. The largest absolute Gasteiger partial charge is 0.383 e. The number of hydrogen-bond donors (Lipinski definition) is 1. The smallest absolute Gasteiger partial charge is 0.196 e. The van der Waals surface area contributed by atoms with E-state index in [0.717, 1.165) is 65.9 Å². The Hall–Kier alpha value is -2.82. The van der Waals surface area contributed by atoms with E-state index < -0.39 is 0 Å². The Morgan fingerprint density at radius 1 is 1.14 bits per heavy atom. The SMILES string of the molecule is CC(C)CNc1cc(N2CCCCC2)c2c3c(onc13)-c1ccccc1C2=O. The molecule has 0 atom stereocenters. The van der Waals surface area contributed by atoms with E-state index in [2.05, 4.69) is 35.3 Å². The normalized spacial score (nSPS) is 16.0. The van der Waals surface area contributed by atoms with E-state index in [4.69, 9.17) is 4.52 Å². The van der Waals surface area contributed by atoms with Gasteiger partial charge < -0.3 is 14.7 Å². The summed E-state index contributed by atoms with van der Waals surface area (Å²) >= 11 is 0. The Kier molecular flexibility index (Phi) is 4.11. The Bertz CT molecular complexity index is 1060. The number of aromatic nitrogens is 1. The summed E-state index contributed by atoms with van der Waals surface area (Å²) in [6.07, 6.45) is 3.57. The maximum Gasteiger partial charge on any atom is 0.196 e. The van der Waals surface area contributed by atoms with Crippen LogP contribution in [0.1, 0.15) is 49.0 Å². The van der Waals surface area contributed by atoms with Gasteiger partial charge in [0, 0.05) is 30.8 Å². The van der Waals surface area contributed by atoms with Crippen LogP contribution in [0, 0.1) is 5.92 Å². The molecule has 5 heteroatoms. The van der Waals surface area contributed by atoms with Crippen LogP contribution in [0.4, 0.5) is 11.4 Å². The fraction of sp³-hybridized carbons (Fsp3) is 0.391. The molecule has 2 heterocycles. The molecule has 2 aliphatic rings. The van der Waals surface area contributed by atoms with Crippen molar-refractivity contribution in [2.24, 2.45) is 5.92 Å². The number of ketones is 1. The molecule has 1 aliphatic heterocycles. The third-order valence-corrected chi connectivity index (χ3v) is 5.78. The Balaban J connectivity index is 1.77. The molecule has 0 radical (unpaired) electrons. The van der Waals surface area contributed by atoms with Crippen LogP contribution < -0.4 is 10.2 Å². The van der Waals surface area contributed by atoms with Crippen molar-refractivity contribution in [2.45, 2.75) is 33.1 Å². The van der Waals surface area contributed by atoms with E-state index in [0.29, 0.717) is 17.2 Å². The highest BCUT2D eigenvalue weighted by Gasteiger charge is 2.34. The third kappa shape index (κ3) is 2.60. The lowest BCUT2D eigenvalue weighted by atomic mass is 9.86. The van der Waals surface area contributed by atoms with Gasteiger partial charge in [0.05, 0.1) is 22.3 Å². The first-order valence-electron chi connectivity index (χ1n) is 10.2. The number of anilines is 2. The van der Waals surface area contributed by atoms with Gasteiger partial charge in [-0.2, -0.15) is 0 Å². The molecule has 0 spiro atoms. The Labute approximate surface area is 164 Å². The number of rotatable bonds is 4. The second-order valence-corrected chi connectivity index (χ2v) is 8.25. The van der Waals surface area contributed by atoms with Crippen molar-refractivity contribution >= 4 is 28.1 Å². The summed E-state index contributed by atoms with van der Waals surface area (Å²) in [6.45, 7) is 7.18. The topological polar surface area (TPSA) is 58.4 Å². The number of carbonyl (C=O) groups is 1. The van der Waals surface area contributed by atoms with Crippen molar-refractivity contribution in [3.05, 3.63) is 41.5 Å². The number of carbonyl (C=O) groups excluding carboxylic acids is 1. The number of piperidine rings is 1. The first-order chi connectivity index (χ1) is 13.6. The fourth-order valence-electron chi connectivity index (χ4n) is 4.37. The zero-order chi connectivity index (χ0) is 19.3. The highest BCUT2D eigenvalue weighted by molar-refractivity contribution is 6.28. The van der Waals surface area contributed by atoms with Gasteiger partial charge in [-0.3, -0.25) is 4.79 Å². The van der Waals surface area contributed by atoms with Gasteiger partial charge in [0.1, 0.15) is 5.52 Å². The van der Waals surface area contributed by atoms with Gasteiger partial charge in [-0.15, -0.1) is 0 Å². The molecule has 28 heavy (non-hydrogen) atoms. The van der Waals surface area contributed by atoms with Gasteiger partial charge in [0.2, 0.25) is 0 Å². The number of nitrogens with zero attached hydrogens (tertiary/aromatic N) is 2. The summed E-state index contributed by atoms with van der Waals surface area (Å²) in [5.74, 6) is 1.30. The second kappa shape index (κ2) is 6.66. The summed E-state index contributed by atoms with van der Waals surface area (Å²) in [6, 6.07) is 9.81. The highest BCUT2D eigenvalue weighted by atomic mass is 16.5. The lowest BCUT2D eigenvalue weighted by molar-refractivity contribution is 0.104. The Morgan fingerprint density at radius 3 is 2.64 bits per heavy atom. The zero-order valence-electron chi connectivity index (χ0n) is 16.4. The van der Waals surface area contributed by atoms with E-state index in [1.807, 2.05) is 24.3 Å². The number of fused-ring (bicyclic) bond motifs is 2. The van der Waals surface area contributed by atoms with Gasteiger partial charge in [0.25, 0.3) is 0 Å². The summed E-state index contributed by atoms with van der Waals surface area (Å²) in [5.41, 5.74) is 5.02. The third-order valence-electron chi connectivity index (χ3n) is 5.78. The molecule has 3 aromatic rings. The van der Waals surface area contributed by atoms with Crippen molar-refractivity contribution in [1.82, 2.24) is 5.16 Å². The zero-order valence-corrected chi connectivity index (χ0v) is 16.4. The van der Waals surface area contributed by atoms with Crippen molar-refractivity contribution in [2.75, 3.05) is 29.9 Å². The van der Waals surface area contributed by atoms with Gasteiger partial charge in [-0.25, -0.2) is 0 Å². The summed E-state index contributed by atoms with van der Waals surface area (Å²) in [7, 11) is 0. The maximum absolute atomic E-state index is 13.5. The minimum Gasteiger partial charge on any atom is -0.383 e. The average Bonchev–Trinajstić information content (AvgIpc) is 3.16. The molecule has 0 unspecified atom stereocenters. The van der Waals surface area contributed by atoms with Gasteiger partial charge in [-0.1, -0.05) is 43.3 Å². The van der Waals surface area contributed by atoms with Crippen LogP contribution in [-0.4, -0.2) is 30.6 Å². The van der Waals surface area contributed by atoms with Crippen LogP contribution in [-0.2, 0) is 0 Å². The maximum atomic E-state index is 13.5. The van der Waals surface area contributed by atoms with E-state index in [9.17, 15) is 4.79 Å². The minimum absolute atomic E-state index is 0.0762. The molecule has 1 N–H and O–H groups in total. The molecule has 0 amide bonds. The van der Waals surface area contributed by atoms with Crippen LogP contribution in [0.5, 0.6) is 0 Å². The molecule has 2 aromatic carbocycles. The summed E-state index contributed by atoms with van der Waals surface area (Å²) < 4.78 is 5.80. The summed E-state index contributed by atoms with van der Waals surface area (Å²) in [4.78, 5) is 15.9. The molecule has 0 saturated carbocycles. The summed E-state index contributed by atoms with van der Waals surface area (Å²) in [5, 5.41) is 8.77. The van der Waals surface area contributed by atoms with Crippen LogP contribution >= 0.6 is 0 Å².